The van der Waals surface area contributed by atoms with Gasteiger partial charge in [0.25, 0.3) is 0 Å². The fourth-order valence-electron chi connectivity index (χ4n) is 2.54. The second kappa shape index (κ2) is 10.2. The SMILES string of the molecule is COCCSc1cnc(Nc2nc([C@H](O)CO)ns2)c(Oc2c(C)nn(C)c2C)c1. The highest BCUT2D eigenvalue weighted by Crippen LogP contribution is 2.36. The quantitative estimate of drug-likeness (QED) is 0.312. The molecule has 0 aliphatic heterocycles. The largest absolute Gasteiger partial charge is 0.450 e. The van der Waals surface area contributed by atoms with Crippen molar-refractivity contribution >= 4 is 34.2 Å². The molecule has 0 saturated heterocycles. The highest BCUT2D eigenvalue weighted by Gasteiger charge is 2.18. The topological polar surface area (TPSA) is 127 Å². The zero-order valence-corrected chi connectivity index (χ0v) is 18.7. The number of ether oxygens (including phenoxy) is 2. The Labute approximate surface area is 182 Å². The zero-order chi connectivity index (χ0) is 21.7. The number of rotatable bonds is 10. The van der Waals surface area contributed by atoms with Crippen LogP contribution in [0.4, 0.5) is 10.9 Å². The van der Waals surface area contributed by atoms with Gasteiger partial charge in [-0.25, -0.2) is 9.97 Å². The van der Waals surface area contributed by atoms with Crippen LogP contribution in [-0.2, 0) is 11.8 Å². The lowest BCUT2D eigenvalue weighted by Gasteiger charge is -2.12. The average Bonchev–Trinajstić information content (AvgIpc) is 3.29. The van der Waals surface area contributed by atoms with E-state index in [1.165, 1.54) is 0 Å². The number of hydrogen-bond donors (Lipinski definition) is 3. The molecule has 12 heteroatoms. The Morgan fingerprint density at radius 3 is 2.83 bits per heavy atom. The molecule has 0 aliphatic carbocycles. The number of aryl methyl sites for hydroxylation is 2. The van der Waals surface area contributed by atoms with Crippen LogP contribution in [0.5, 0.6) is 11.5 Å². The maximum absolute atomic E-state index is 9.70. The molecule has 0 spiro atoms. The summed E-state index contributed by atoms with van der Waals surface area (Å²) in [6.45, 7) is 3.99. The maximum Gasteiger partial charge on any atom is 0.208 e. The van der Waals surface area contributed by atoms with Gasteiger partial charge in [-0.1, -0.05) is 0 Å². The molecule has 0 bridgehead atoms. The first-order valence-electron chi connectivity index (χ1n) is 9.12. The number of methoxy groups -OCH3 is 1. The number of nitrogens with zero attached hydrogens (tertiary/aromatic N) is 5. The molecule has 0 unspecified atom stereocenters. The third-order valence-corrected chi connectivity index (χ3v) is 5.75. The average molecular weight is 453 g/mol. The molecule has 0 aliphatic rings. The number of thioether (sulfide) groups is 1. The van der Waals surface area contributed by atoms with E-state index in [1.54, 1.807) is 29.8 Å². The summed E-state index contributed by atoms with van der Waals surface area (Å²) in [5.74, 6) is 2.56. The summed E-state index contributed by atoms with van der Waals surface area (Å²) in [6.07, 6.45) is 0.615. The minimum atomic E-state index is -1.12. The molecule has 0 radical (unpaired) electrons. The molecule has 0 fully saturated rings. The van der Waals surface area contributed by atoms with Crippen molar-refractivity contribution in [2.24, 2.45) is 7.05 Å². The summed E-state index contributed by atoms with van der Waals surface area (Å²) >= 11 is 2.66. The predicted molar refractivity (Wildman–Crippen MR) is 115 cm³/mol. The highest BCUT2D eigenvalue weighted by molar-refractivity contribution is 7.99. The summed E-state index contributed by atoms with van der Waals surface area (Å²) < 4.78 is 17.1. The third kappa shape index (κ3) is 5.26. The minimum absolute atomic E-state index is 0.151. The number of aliphatic hydroxyl groups excluding tert-OH is 2. The number of pyridine rings is 1. The maximum atomic E-state index is 9.70. The van der Waals surface area contributed by atoms with E-state index >= 15 is 0 Å². The molecular weight excluding hydrogens is 428 g/mol. The van der Waals surface area contributed by atoms with Crippen LogP contribution in [0.25, 0.3) is 0 Å². The van der Waals surface area contributed by atoms with E-state index in [2.05, 4.69) is 24.8 Å². The Hall–Kier alpha value is -2.25. The van der Waals surface area contributed by atoms with Crippen LogP contribution in [0, 0.1) is 13.8 Å². The van der Waals surface area contributed by atoms with Gasteiger partial charge in [-0.05, 0) is 19.9 Å². The van der Waals surface area contributed by atoms with Crippen LogP contribution in [0.2, 0.25) is 0 Å². The van der Waals surface area contributed by atoms with Crippen molar-refractivity contribution in [1.82, 2.24) is 24.1 Å². The number of aliphatic hydroxyl groups is 2. The molecule has 3 heterocycles. The molecule has 10 nitrogen and oxygen atoms in total. The standard InChI is InChI=1S/C18H24N6O4S2/c1-10-15(11(2)24(3)22-10)28-14-7-12(29-6-5-27-4)8-19-17(14)21-18-20-16(23-30-18)13(26)9-25/h7-8,13,25-26H,5-6,9H2,1-4H3,(H,19,20,21,23)/t13-/m1/s1. The lowest BCUT2D eigenvalue weighted by Crippen LogP contribution is -2.04. The lowest BCUT2D eigenvalue weighted by atomic mass is 10.3. The Morgan fingerprint density at radius 1 is 1.37 bits per heavy atom. The summed E-state index contributed by atoms with van der Waals surface area (Å²) in [5, 5.41) is 26.7. The summed E-state index contributed by atoms with van der Waals surface area (Å²) in [6, 6.07) is 1.89. The molecular formula is C18H24N6O4S2. The Morgan fingerprint density at radius 2 is 2.17 bits per heavy atom. The van der Waals surface area contributed by atoms with E-state index in [4.69, 9.17) is 14.6 Å². The number of hydrogen-bond acceptors (Lipinski definition) is 11. The first-order chi connectivity index (χ1) is 14.4. The van der Waals surface area contributed by atoms with Crippen molar-refractivity contribution in [2.75, 3.05) is 31.4 Å². The van der Waals surface area contributed by atoms with Crippen LogP contribution in [-0.4, -0.2) is 60.4 Å². The van der Waals surface area contributed by atoms with Crippen molar-refractivity contribution in [3.8, 4) is 11.5 Å². The van der Waals surface area contributed by atoms with Crippen LogP contribution in [0.15, 0.2) is 17.2 Å². The number of anilines is 2. The first-order valence-corrected chi connectivity index (χ1v) is 10.9. The number of nitrogens with one attached hydrogen (secondary N) is 1. The van der Waals surface area contributed by atoms with Gasteiger partial charge in [0, 0.05) is 42.5 Å². The minimum Gasteiger partial charge on any atom is -0.450 e. The molecule has 3 aromatic heterocycles. The van der Waals surface area contributed by atoms with Crippen LogP contribution >= 0.6 is 23.3 Å². The Bertz CT molecular complexity index is 993. The highest BCUT2D eigenvalue weighted by atomic mass is 32.2. The van der Waals surface area contributed by atoms with Gasteiger partial charge in [-0.2, -0.15) is 9.47 Å². The first kappa shape index (κ1) is 22.4. The lowest BCUT2D eigenvalue weighted by molar-refractivity contribution is 0.0897. The normalized spacial score (nSPS) is 12.2. The van der Waals surface area contributed by atoms with Crippen molar-refractivity contribution in [1.29, 1.82) is 0 Å². The summed E-state index contributed by atoms with van der Waals surface area (Å²) in [5.41, 5.74) is 1.66. The van der Waals surface area contributed by atoms with Crippen LogP contribution in [0.3, 0.4) is 0 Å². The predicted octanol–water partition coefficient (Wildman–Crippen LogP) is 2.58. The van der Waals surface area contributed by atoms with Crippen molar-refractivity contribution in [3.05, 3.63) is 29.5 Å². The van der Waals surface area contributed by atoms with Crippen molar-refractivity contribution in [3.63, 3.8) is 0 Å². The van der Waals surface area contributed by atoms with Crippen LogP contribution in [0.1, 0.15) is 23.3 Å². The second-order valence-corrected chi connectivity index (χ2v) is 8.29. The molecule has 3 N–H and O–H groups in total. The van der Waals surface area contributed by atoms with E-state index in [0.29, 0.717) is 29.1 Å². The van der Waals surface area contributed by atoms with Gasteiger partial charge in [0.1, 0.15) is 11.8 Å². The van der Waals surface area contributed by atoms with Gasteiger partial charge in [0.2, 0.25) is 5.13 Å². The van der Waals surface area contributed by atoms with Gasteiger partial charge >= 0.3 is 0 Å². The molecule has 0 saturated carbocycles. The van der Waals surface area contributed by atoms with E-state index in [0.717, 1.165) is 33.6 Å². The van der Waals surface area contributed by atoms with Crippen molar-refractivity contribution in [2.45, 2.75) is 24.8 Å². The molecule has 3 rings (SSSR count). The molecule has 3 aromatic rings. The van der Waals surface area contributed by atoms with Crippen LogP contribution < -0.4 is 10.1 Å². The Balaban J connectivity index is 1.89. The van der Waals surface area contributed by atoms with Crippen molar-refractivity contribution < 1.29 is 19.7 Å². The molecule has 1 atom stereocenters. The Kier molecular flexibility index (Phi) is 7.61. The van der Waals surface area contributed by atoms with E-state index < -0.39 is 12.7 Å². The molecule has 0 amide bonds. The molecule has 0 aromatic carbocycles. The smallest absolute Gasteiger partial charge is 0.208 e. The summed E-state index contributed by atoms with van der Waals surface area (Å²) in [7, 11) is 3.53. The monoisotopic (exact) mass is 452 g/mol. The van der Waals surface area contributed by atoms with E-state index in [9.17, 15) is 5.11 Å². The zero-order valence-electron chi connectivity index (χ0n) is 17.1. The molecule has 30 heavy (non-hydrogen) atoms. The van der Waals surface area contributed by atoms with E-state index in [1.807, 2.05) is 27.0 Å². The van der Waals surface area contributed by atoms with Gasteiger partial charge in [-0.3, -0.25) is 4.68 Å². The third-order valence-electron chi connectivity index (χ3n) is 4.18. The van der Waals surface area contributed by atoms with Gasteiger partial charge in [0.15, 0.2) is 23.1 Å². The number of aromatic nitrogens is 5. The fourth-order valence-corrected chi connectivity index (χ4v) is 3.96. The summed E-state index contributed by atoms with van der Waals surface area (Å²) in [4.78, 5) is 9.62. The van der Waals surface area contributed by atoms with E-state index in [-0.39, 0.29) is 5.82 Å². The van der Waals surface area contributed by atoms with Gasteiger partial charge in [-0.15, -0.1) is 11.8 Å². The molecule has 162 valence electrons. The second-order valence-electron chi connectivity index (χ2n) is 6.37. The van der Waals surface area contributed by atoms with Gasteiger partial charge < -0.3 is 25.0 Å². The fraction of sp³-hybridized carbons (Fsp3) is 0.444. The van der Waals surface area contributed by atoms with Gasteiger partial charge in [0.05, 0.1) is 18.9 Å².